The lowest BCUT2D eigenvalue weighted by Crippen LogP contribution is -2.54. The third-order valence-corrected chi connectivity index (χ3v) is 8.94. The van der Waals surface area contributed by atoms with Crippen molar-refractivity contribution in [2.45, 2.75) is 57.7 Å². The molecule has 3 aromatic rings. The van der Waals surface area contributed by atoms with Gasteiger partial charge in [0.05, 0.1) is 24.0 Å². The Labute approximate surface area is 258 Å². The summed E-state index contributed by atoms with van der Waals surface area (Å²) in [4.78, 5) is 40.6. The molecular formula is C32H38N4O7S. The van der Waals surface area contributed by atoms with Crippen LogP contribution in [0, 0.1) is 17.0 Å². The molecule has 0 heterocycles. The van der Waals surface area contributed by atoms with Gasteiger partial charge in [-0.05, 0) is 48.6 Å². The first-order chi connectivity index (χ1) is 21.0. The quantitative estimate of drug-likeness (QED) is 0.221. The molecule has 0 unspecified atom stereocenters. The third kappa shape index (κ3) is 8.34. The van der Waals surface area contributed by atoms with Gasteiger partial charge in [-0.15, -0.1) is 0 Å². The highest BCUT2D eigenvalue weighted by Gasteiger charge is 2.35. The fourth-order valence-corrected chi connectivity index (χ4v) is 6.36. The first-order valence-corrected chi connectivity index (χ1v) is 16.3. The number of ether oxygens (including phenoxy) is 1. The molecule has 4 rings (SSSR count). The van der Waals surface area contributed by atoms with Gasteiger partial charge < -0.3 is 15.0 Å². The van der Waals surface area contributed by atoms with Crippen LogP contribution in [0.4, 0.5) is 11.4 Å². The number of nitrogens with one attached hydrogen (secondary N) is 1. The smallest absolute Gasteiger partial charge is 0.271 e. The number of methoxy groups -OCH3 is 1. The predicted molar refractivity (Wildman–Crippen MR) is 168 cm³/mol. The van der Waals surface area contributed by atoms with Crippen molar-refractivity contribution in [1.82, 2.24) is 10.2 Å². The van der Waals surface area contributed by atoms with E-state index in [4.69, 9.17) is 4.74 Å². The topological polar surface area (TPSA) is 139 Å². The first-order valence-electron chi connectivity index (χ1n) is 14.5. The van der Waals surface area contributed by atoms with Gasteiger partial charge in [-0.1, -0.05) is 61.4 Å². The zero-order valence-corrected chi connectivity index (χ0v) is 26.0. The highest BCUT2D eigenvalue weighted by Crippen LogP contribution is 2.28. The Hall–Kier alpha value is -4.45. The molecule has 0 saturated heterocycles. The van der Waals surface area contributed by atoms with Crippen LogP contribution in [-0.2, 0) is 32.6 Å². The molecule has 2 amide bonds. The zero-order chi connectivity index (χ0) is 31.9. The average molecular weight is 623 g/mol. The molecule has 0 aliphatic heterocycles. The Kier molecular flexibility index (Phi) is 10.6. The van der Waals surface area contributed by atoms with Crippen LogP contribution in [-0.4, -0.2) is 62.0 Å². The molecule has 0 aromatic heterocycles. The van der Waals surface area contributed by atoms with Gasteiger partial charge in [0.25, 0.3) is 5.69 Å². The number of non-ortho nitro benzene ring substituents is 1. The molecule has 0 bridgehead atoms. The number of hydrogen-bond donors (Lipinski definition) is 1. The average Bonchev–Trinajstić information content (AvgIpc) is 3.51. The van der Waals surface area contributed by atoms with Crippen molar-refractivity contribution < 1.29 is 27.7 Å². The van der Waals surface area contributed by atoms with E-state index in [9.17, 15) is 28.1 Å². The van der Waals surface area contributed by atoms with Crippen LogP contribution in [0.25, 0.3) is 0 Å². The molecular weight excluding hydrogens is 584 g/mol. The van der Waals surface area contributed by atoms with Crippen LogP contribution in [0.5, 0.6) is 5.75 Å². The number of carbonyl (C=O) groups is 2. The summed E-state index contributed by atoms with van der Waals surface area (Å²) in [5, 5.41) is 14.6. The van der Waals surface area contributed by atoms with Crippen LogP contribution in [0.3, 0.4) is 0 Å². The van der Waals surface area contributed by atoms with Gasteiger partial charge in [-0.3, -0.25) is 24.0 Å². The summed E-state index contributed by atoms with van der Waals surface area (Å²) in [6, 6.07) is 19.3. The predicted octanol–water partition coefficient (Wildman–Crippen LogP) is 4.38. The van der Waals surface area contributed by atoms with Crippen molar-refractivity contribution in [3.8, 4) is 5.75 Å². The van der Waals surface area contributed by atoms with E-state index < -0.39 is 33.4 Å². The zero-order valence-electron chi connectivity index (χ0n) is 25.1. The third-order valence-electron chi connectivity index (χ3n) is 7.81. The number of nitrogens with zero attached hydrogens (tertiary/aromatic N) is 3. The number of hydrogen-bond acceptors (Lipinski definition) is 7. The van der Waals surface area contributed by atoms with Crippen LogP contribution < -0.4 is 14.4 Å². The molecule has 3 aromatic carbocycles. The Balaban J connectivity index is 1.77. The fraction of sp³-hybridized carbons (Fsp3) is 0.375. The van der Waals surface area contributed by atoms with Crippen LogP contribution in [0.2, 0.25) is 0 Å². The second kappa shape index (κ2) is 14.3. The van der Waals surface area contributed by atoms with Gasteiger partial charge in [0.15, 0.2) is 0 Å². The second-order valence-corrected chi connectivity index (χ2v) is 13.0. The second-order valence-electron chi connectivity index (χ2n) is 11.1. The largest absolute Gasteiger partial charge is 0.497 e. The normalized spacial score (nSPS) is 14.1. The summed E-state index contributed by atoms with van der Waals surface area (Å²) < 4.78 is 32.4. The maximum Gasteiger partial charge on any atom is 0.271 e. The summed E-state index contributed by atoms with van der Waals surface area (Å²) in [5.74, 6) is -0.393. The molecule has 1 N–H and O–H groups in total. The van der Waals surface area contributed by atoms with Gasteiger partial charge in [-0.2, -0.15) is 0 Å². The van der Waals surface area contributed by atoms with E-state index >= 15 is 0 Å². The number of carbonyl (C=O) groups excluding carboxylic acids is 2. The van der Waals surface area contributed by atoms with Crippen LogP contribution in [0.1, 0.15) is 42.4 Å². The number of aryl methyl sites for hydroxylation is 1. The maximum absolute atomic E-state index is 14.3. The lowest BCUT2D eigenvalue weighted by molar-refractivity contribution is -0.384. The molecule has 0 radical (unpaired) electrons. The van der Waals surface area contributed by atoms with Crippen LogP contribution in [0.15, 0.2) is 72.8 Å². The van der Waals surface area contributed by atoms with Crippen molar-refractivity contribution >= 4 is 33.2 Å². The van der Waals surface area contributed by atoms with Gasteiger partial charge in [0.1, 0.15) is 18.3 Å². The van der Waals surface area contributed by atoms with Crippen molar-refractivity contribution in [3.63, 3.8) is 0 Å². The fourth-order valence-electron chi connectivity index (χ4n) is 5.46. The molecule has 0 spiro atoms. The van der Waals surface area contributed by atoms with Crippen molar-refractivity contribution in [2.24, 2.45) is 0 Å². The maximum atomic E-state index is 14.3. The number of rotatable bonds is 13. The van der Waals surface area contributed by atoms with E-state index in [1.54, 1.807) is 31.2 Å². The first kappa shape index (κ1) is 32.5. The summed E-state index contributed by atoms with van der Waals surface area (Å²) in [6.07, 6.45) is 4.85. The molecule has 44 heavy (non-hydrogen) atoms. The number of amides is 2. The summed E-state index contributed by atoms with van der Waals surface area (Å²) in [5.41, 5.74) is 1.66. The summed E-state index contributed by atoms with van der Waals surface area (Å²) >= 11 is 0. The van der Waals surface area contributed by atoms with Gasteiger partial charge in [-0.25, -0.2) is 8.42 Å². The van der Waals surface area contributed by atoms with E-state index in [-0.39, 0.29) is 36.3 Å². The molecule has 1 saturated carbocycles. The SMILES string of the molecule is COc1cccc(CN(C(=O)CN(c2cc([N+](=O)[O-])ccc2C)S(C)(=O)=O)[C@H](Cc2ccccc2)C(=O)NC2CCCC2)c1. The summed E-state index contributed by atoms with van der Waals surface area (Å²) in [6.45, 7) is 0.951. The summed E-state index contributed by atoms with van der Waals surface area (Å²) in [7, 11) is -2.55. The number of anilines is 1. The number of nitro groups is 1. The molecule has 11 nitrogen and oxygen atoms in total. The lowest BCUT2D eigenvalue weighted by atomic mass is 10.0. The van der Waals surface area contributed by atoms with E-state index in [1.165, 1.54) is 24.1 Å². The molecule has 1 fully saturated rings. The van der Waals surface area contributed by atoms with E-state index in [1.807, 2.05) is 30.3 Å². The molecule has 12 heteroatoms. The van der Waals surface area contributed by atoms with E-state index in [0.29, 0.717) is 16.9 Å². The van der Waals surface area contributed by atoms with Crippen molar-refractivity contribution in [3.05, 3.63) is 99.6 Å². The van der Waals surface area contributed by atoms with Gasteiger partial charge in [0, 0.05) is 31.1 Å². The lowest BCUT2D eigenvalue weighted by Gasteiger charge is -2.34. The highest BCUT2D eigenvalue weighted by atomic mass is 32.2. The monoisotopic (exact) mass is 622 g/mol. The highest BCUT2D eigenvalue weighted by molar-refractivity contribution is 7.92. The van der Waals surface area contributed by atoms with Gasteiger partial charge in [0.2, 0.25) is 21.8 Å². The van der Waals surface area contributed by atoms with E-state index in [0.717, 1.165) is 47.9 Å². The Morgan fingerprint density at radius 1 is 1.02 bits per heavy atom. The number of benzene rings is 3. The number of nitro benzene ring substituents is 1. The minimum absolute atomic E-state index is 0.00284. The van der Waals surface area contributed by atoms with E-state index in [2.05, 4.69) is 5.32 Å². The Morgan fingerprint density at radius 3 is 2.34 bits per heavy atom. The molecule has 1 atom stereocenters. The Morgan fingerprint density at radius 2 is 1.70 bits per heavy atom. The molecule has 1 aliphatic carbocycles. The molecule has 234 valence electrons. The minimum atomic E-state index is -4.08. The standard InChI is InChI=1S/C32H38N4O7S/c1-23-16-17-27(36(39)40)20-29(23)35(44(3,41)42)22-31(37)34(21-25-12-9-15-28(18-25)43-2)30(19-24-10-5-4-6-11-24)32(38)33-26-13-7-8-14-26/h4-6,9-12,15-18,20,26,30H,7-8,13-14,19,21-22H2,1-3H3,(H,33,38)/t30-/m1/s1. The van der Waals surface area contributed by atoms with Crippen molar-refractivity contribution in [2.75, 3.05) is 24.2 Å². The molecule has 1 aliphatic rings. The van der Waals surface area contributed by atoms with Gasteiger partial charge >= 0.3 is 0 Å². The minimum Gasteiger partial charge on any atom is -0.497 e. The van der Waals surface area contributed by atoms with Crippen LogP contribution >= 0.6 is 0 Å². The Bertz CT molecular complexity index is 1590. The number of sulfonamides is 1. The van der Waals surface area contributed by atoms with Crippen molar-refractivity contribution in [1.29, 1.82) is 0 Å².